The second-order valence-electron chi connectivity index (χ2n) is 5.93. The molecule has 0 saturated carbocycles. The Balaban J connectivity index is 1.42. The van der Waals surface area contributed by atoms with Crippen LogP contribution in [0.25, 0.3) is 6.08 Å². The molecule has 0 radical (unpaired) electrons. The number of hydrogen-bond acceptors (Lipinski definition) is 5. The van der Waals surface area contributed by atoms with Gasteiger partial charge in [0.15, 0.2) is 0 Å². The minimum Gasteiger partial charge on any atom is -0.461 e. The van der Waals surface area contributed by atoms with Crippen molar-refractivity contribution in [1.82, 2.24) is 4.72 Å². The highest BCUT2D eigenvalue weighted by Crippen LogP contribution is 2.22. The molecular formula is C20H20N2O4S. The molecule has 1 heterocycles. The van der Waals surface area contributed by atoms with E-state index in [1.165, 1.54) is 0 Å². The molecule has 140 valence electrons. The quantitative estimate of drug-likeness (QED) is 0.588. The SMILES string of the molecule is O=C(CCCN=C1NS(=O)(=O)c2ccccc21)OCC=Cc1ccccc1. The molecule has 0 saturated heterocycles. The average Bonchev–Trinajstić information content (AvgIpc) is 2.94. The van der Waals surface area contributed by atoms with Crippen LogP contribution in [0.1, 0.15) is 24.0 Å². The Hall–Kier alpha value is -2.93. The van der Waals surface area contributed by atoms with Crippen molar-refractivity contribution in [3.05, 3.63) is 71.8 Å². The van der Waals surface area contributed by atoms with Gasteiger partial charge in [0, 0.05) is 18.5 Å². The molecule has 0 unspecified atom stereocenters. The van der Waals surface area contributed by atoms with E-state index in [1.54, 1.807) is 30.3 Å². The Bertz CT molecular complexity index is 966. The number of benzene rings is 2. The summed E-state index contributed by atoms with van der Waals surface area (Å²) in [5, 5.41) is 0. The van der Waals surface area contributed by atoms with Gasteiger partial charge in [0.25, 0.3) is 10.0 Å². The zero-order valence-corrected chi connectivity index (χ0v) is 15.5. The molecule has 1 aliphatic rings. The normalized spacial score (nSPS) is 16.2. The van der Waals surface area contributed by atoms with Crippen LogP contribution in [0.2, 0.25) is 0 Å². The summed E-state index contributed by atoms with van der Waals surface area (Å²) in [4.78, 5) is 16.2. The lowest BCUT2D eigenvalue weighted by Gasteiger charge is -2.02. The van der Waals surface area contributed by atoms with Gasteiger partial charge in [-0.25, -0.2) is 8.42 Å². The zero-order valence-electron chi connectivity index (χ0n) is 14.7. The fourth-order valence-corrected chi connectivity index (χ4v) is 3.88. The minimum atomic E-state index is -3.53. The van der Waals surface area contributed by atoms with E-state index in [2.05, 4.69) is 9.71 Å². The van der Waals surface area contributed by atoms with E-state index in [9.17, 15) is 13.2 Å². The van der Waals surface area contributed by atoms with Gasteiger partial charge >= 0.3 is 5.97 Å². The van der Waals surface area contributed by atoms with Crippen molar-refractivity contribution in [2.75, 3.05) is 13.2 Å². The van der Waals surface area contributed by atoms with Crippen molar-refractivity contribution in [3.63, 3.8) is 0 Å². The van der Waals surface area contributed by atoms with E-state index < -0.39 is 10.0 Å². The molecule has 0 atom stereocenters. The summed E-state index contributed by atoms with van der Waals surface area (Å²) < 4.78 is 31.5. The molecule has 0 fully saturated rings. The predicted octanol–water partition coefficient (Wildman–Crippen LogP) is 2.76. The molecule has 7 heteroatoms. The Morgan fingerprint density at radius 1 is 1.07 bits per heavy atom. The number of rotatable bonds is 7. The first-order valence-corrected chi connectivity index (χ1v) is 10.1. The number of nitrogens with zero attached hydrogens (tertiary/aromatic N) is 1. The summed E-state index contributed by atoms with van der Waals surface area (Å²) in [7, 11) is -3.53. The maximum absolute atomic E-state index is 12.0. The fraction of sp³-hybridized carbons (Fsp3) is 0.200. The van der Waals surface area contributed by atoms with E-state index in [0.717, 1.165) is 5.56 Å². The first kappa shape index (κ1) is 18.8. The summed E-state index contributed by atoms with van der Waals surface area (Å²) >= 11 is 0. The van der Waals surface area contributed by atoms with Crippen LogP contribution in [0.4, 0.5) is 0 Å². The molecule has 6 nitrogen and oxygen atoms in total. The third-order valence-corrected chi connectivity index (χ3v) is 5.32. The number of amidine groups is 1. The number of hydrogen-bond donors (Lipinski definition) is 1. The number of ether oxygens (including phenoxy) is 1. The highest BCUT2D eigenvalue weighted by atomic mass is 32.2. The Labute approximate surface area is 158 Å². The second kappa shape index (κ2) is 8.64. The van der Waals surface area contributed by atoms with E-state index in [-0.39, 0.29) is 23.9 Å². The molecule has 0 bridgehead atoms. The van der Waals surface area contributed by atoms with Crippen molar-refractivity contribution in [2.45, 2.75) is 17.7 Å². The van der Waals surface area contributed by atoms with E-state index in [0.29, 0.717) is 24.4 Å². The largest absolute Gasteiger partial charge is 0.461 e. The molecule has 1 N–H and O–H groups in total. The predicted molar refractivity (Wildman–Crippen MR) is 104 cm³/mol. The number of esters is 1. The second-order valence-corrected chi connectivity index (χ2v) is 7.58. The van der Waals surface area contributed by atoms with Crippen LogP contribution in [-0.2, 0) is 19.6 Å². The fourth-order valence-electron chi connectivity index (χ4n) is 2.63. The summed E-state index contributed by atoms with van der Waals surface area (Å²) in [5.41, 5.74) is 1.61. The molecule has 2 aromatic carbocycles. The number of sulfonamides is 1. The summed E-state index contributed by atoms with van der Waals surface area (Å²) in [6.07, 6.45) is 4.39. The van der Waals surface area contributed by atoms with Gasteiger partial charge in [-0.1, -0.05) is 48.5 Å². The average molecular weight is 384 g/mol. The third-order valence-electron chi connectivity index (χ3n) is 3.92. The third kappa shape index (κ3) is 5.04. The maximum atomic E-state index is 12.0. The van der Waals surface area contributed by atoms with Gasteiger partial charge in [0.2, 0.25) is 0 Å². The van der Waals surface area contributed by atoms with Crippen LogP contribution in [0.15, 0.2) is 70.6 Å². The molecule has 0 amide bonds. The van der Waals surface area contributed by atoms with Crippen molar-refractivity contribution in [2.24, 2.45) is 4.99 Å². The Morgan fingerprint density at radius 2 is 1.81 bits per heavy atom. The molecule has 27 heavy (non-hydrogen) atoms. The number of aliphatic imine (C=N–C) groups is 1. The molecule has 1 aliphatic heterocycles. The molecule has 0 aromatic heterocycles. The van der Waals surface area contributed by atoms with Crippen LogP contribution in [0.5, 0.6) is 0 Å². The standard InChI is InChI=1S/C20H20N2O4S/c23-19(26-15-7-10-16-8-2-1-3-9-16)13-6-14-21-20-17-11-4-5-12-18(17)27(24,25)22-20/h1-5,7-12H,6,13-15H2,(H,21,22). The smallest absolute Gasteiger partial charge is 0.306 e. The number of carbonyl (C=O) groups is 1. The lowest BCUT2D eigenvalue weighted by atomic mass is 10.2. The van der Waals surface area contributed by atoms with E-state index in [4.69, 9.17) is 4.74 Å². The van der Waals surface area contributed by atoms with Crippen molar-refractivity contribution < 1.29 is 17.9 Å². The first-order valence-electron chi connectivity index (χ1n) is 8.60. The van der Waals surface area contributed by atoms with Crippen LogP contribution in [-0.4, -0.2) is 33.4 Å². The van der Waals surface area contributed by atoms with Crippen molar-refractivity contribution in [1.29, 1.82) is 0 Å². The molecule has 2 aromatic rings. The minimum absolute atomic E-state index is 0.218. The summed E-state index contributed by atoms with van der Waals surface area (Å²) in [6, 6.07) is 16.4. The molecule has 0 aliphatic carbocycles. The van der Waals surface area contributed by atoms with Crippen LogP contribution in [0, 0.1) is 0 Å². The Kier molecular flexibility index (Phi) is 6.03. The topological polar surface area (TPSA) is 84.8 Å². The van der Waals surface area contributed by atoms with Gasteiger partial charge in [-0.05, 0) is 30.2 Å². The van der Waals surface area contributed by atoms with Gasteiger partial charge in [-0.15, -0.1) is 0 Å². The maximum Gasteiger partial charge on any atom is 0.306 e. The van der Waals surface area contributed by atoms with E-state index >= 15 is 0 Å². The number of nitrogens with one attached hydrogen (secondary N) is 1. The summed E-state index contributed by atoms with van der Waals surface area (Å²) in [5.74, 6) is 0.0186. The van der Waals surface area contributed by atoms with Gasteiger partial charge in [-0.3, -0.25) is 14.5 Å². The Morgan fingerprint density at radius 3 is 2.63 bits per heavy atom. The number of carbonyl (C=O) groups excluding carboxylic acids is 1. The molecule has 0 spiro atoms. The van der Waals surface area contributed by atoms with Crippen molar-refractivity contribution in [3.8, 4) is 0 Å². The first-order chi connectivity index (χ1) is 13.1. The van der Waals surface area contributed by atoms with E-state index in [1.807, 2.05) is 36.4 Å². The van der Waals surface area contributed by atoms with Crippen LogP contribution >= 0.6 is 0 Å². The number of fused-ring (bicyclic) bond motifs is 1. The van der Waals surface area contributed by atoms with Crippen LogP contribution < -0.4 is 4.72 Å². The lowest BCUT2D eigenvalue weighted by molar-refractivity contribution is -0.142. The van der Waals surface area contributed by atoms with Crippen molar-refractivity contribution >= 4 is 27.9 Å². The van der Waals surface area contributed by atoms with Gasteiger partial charge in [0.05, 0.1) is 4.90 Å². The molecular weight excluding hydrogens is 364 g/mol. The van der Waals surface area contributed by atoms with Gasteiger partial charge < -0.3 is 4.74 Å². The molecule has 3 rings (SSSR count). The highest BCUT2D eigenvalue weighted by Gasteiger charge is 2.29. The van der Waals surface area contributed by atoms with Gasteiger partial charge in [-0.2, -0.15) is 0 Å². The highest BCUT2D eigenvalue weighted by molar-refractivity contribution is 7.90. The summed E-state index contributed by atoms with van der Waals surface area (Å²) in [6.45, 7) is 0.552. The van der Waals surface area contributed by atoms with Gasteiger partial charge in [0.1, 0.15) is 12.4 Å². The zero-order chi connectivity index (χ0) is 19.1. The van der Waals surface area contributed by atoms with Crippen LogP contribution in [0.3, 0.4) is 0 Å². The lowest BCUT2D eigenvalue weighted by Crippen LogP contribution is -2.22. The monoisotopic (exact) mass is 384 g/mol.